The highest BCUT2D eigenvalue weighted by atomic mass is 127. The normalized spacial score (nSPS) is 9.88. The van der Waals surface area contributed by atoms with Gasteiger partial charge in [-0.3, -0.25) is 4.98 Å². The van der Waals surface area contributed by atoms with Crippen molar-refractivity contribution < 1.29 is 4.74 Å². The van der Waals surface area contributed by atoms with E-state index >= 15 is 0 Å². The molecule has 0 unspecified atom stereocenters. The molecule has 2 rings (SSSR count). The smallest absolute Gasteiger partial charge is 0.239 e. The number of ether oxygens (including phenoxy) is 1. The Hall–Kier alpha value is -1.41. The van der Waals surface area contributed by atoms with Crippen molar-refractivity contribution in [3.63, 3.8) is 0 Å². The average Bonchev–Trinajstić information content (AvgIpc) is 2.29. The van der Waals surface area contributed by atoms with E-state index < -0.39 is 0 Å². The van der Waals surface area contributed by atoms with Crippen LogP contribution in [0.15, 0.2) is 36.7 Å². The molecular weight excluding hydrogens is 319 g/mol. The molecule has 0 atom stereocenters. The van der Waals surface area contributed by atoms with Gasteiger partial charge in [-0.05, 0) is 40.8 Å². The molecule has 1 aromatic heterocycles. The van der Waals surface area contributed by atoms with Gasteiger partial charge in [0.15, 0.2) is 5.82 Å². The third kappa shape index (κ3) is 2.80. The Labute approximate surface area is 106 Å². The Morgan fingerprint density at radius 2 is 2.19 bits per heavy atom. The number of aromatic nitrogens is 2. The van der Waals surface area contributed by atoms with Gasteiger partial charge in [-0.2, -0.15) is 4.98 Å². The van der Waals surface area contributed by atoms with Gasteiger partial charge < -0.3 is 10.2 Å². The van der Waals surface area contributed by atoms with Crippen LogP contribution in [0.3, 0.4) is 0 Å². The average molecular weight is 328 g/mol. The van der Waals surface area contributed by atoms with Gasteiger partial charge in [0.05, 0.1) is 12.4 Å². The molecule has 0 spiro atoms. The molecule has 1 heterocycles. The summed E-state index contributed by atoms with van der Waals surface area (Å²) in [6.45, 7) is 0. The zero-order valence-corrected chi connectivity index (χ0v) is 10.4. The maximum atomic E-state index is 5.53. The van der Waals surface area contributed by atoms with E-state index in [0.29, 0.717) is 11.7 Å². The first-order chi connectivity index (χ1) is 7.78. The number of hydrogen-bond acceptors (Lipinski definition) is 5. The zero-order valence-electron chi connectivity index (χ0n) is 8.22. The van der Waals surface area contributed by atoms with Crippen molar-refractivity contribution in [1.29, 1.82) is 0 Å². The molecule has 0 aliphatic rings. The number of anilines is 1. The van der Waals surface area contributed by atoms with Crippen LogP contribution >= 0.6 is 22.6 Å². The first kappa shape index (κ1) is 11.1. The van der Waals surface area contributed by atoms with Gasteiger partial charge >= 0.3 is 0 Å². The summed E-state index contributed by atoms with van der Waals surface area (Å²) in [6, 6.07) is 7.66. The van der Waals surface area contributed by atoms with Crippen LogP contribution in [-0.2, 0) is 0 Å². The number of nitrogens with one attached hydrogen (secondary N) is 1. The minimum Gasteiger partial charge on any atom is -0.437 e. The first-order valence-corrected chi connectivity index (χ1v) is 5.58. The third-order valence-electron chi connectivity index (χ3n) is 1.78. The number of hydrazine groups is 1. The number of benzene rings is 1. The highest BCUT2D eigenvalue weighted by Gasteiger charge is 2.00. The summed E-state index contributed by atoms with van der Waals surface area (Å²) >= 11 is 2.21. The number of nitrogens with zero attached hydrogens (tertiary/aromatic N) is 2. The Morgan fingerprint density at radius 3 is 2.94 bits per heavy atom. The molecule has 0 saturated carbocycles. The van der Waals surface area contributed by atoms with Crippen molar-refractivity contribution in [3.05, 3.63) is 40.2 Å². The van der Waals surface area contributed by atoms with E-state index in [1.165, 1.54) is 12.4 Å². The number of hydrogen-bond donors (Lipinski definition) is 2. The van der Waals surface area contributed by atoms with Crippen LogP contribution in [0.4, 0.5) is 5.82 Å². The van der Waals surface area contributed by atoms with E-state index in [-0.39, 0.29) is 0 Å². The topological polar surface area (TPSA) is 73.1 Å². The molecule has 5 nitrogen and oxygen atoms in total. The first-order valence-electron chi connectivity index (χ1n) is 4.50. The fourth-order valence-corrected chi connectivity index (χ4v) is 1.63. The van der Waals surface area contributed by atoms with Crippen molar-refractivity contribution >= 4 is 28.4 Å². The SMILES string of the molecule is NNc1cncc(Oc2cccc(I)c2)n1. The zero-order chi connectivity index (χ0) is 11.4. The van der Waals surface area contributed by atoms with Gasteiger partial charge in [0, 0.05) is 3.57 Å². The summed E-state index contributed by atoms with van der Waals surface area (Å²) in [7, 11) is 0. The Bertz CT molecular complexity index is 492. The van der Waals surface area contributed by atoms with Gasteiger partial charge in [-0.25, -0.2) is 5.84 Å². The van der Waals surface area contributed by atoms with Crippen molar-refractivity contribution in [2.24, 2.45) is 5.84 Å². The minimum absolute atomic E-state index is 0.400. The number of halogens is 1. The lowest BCUT2D eigenvalue weighted by Gasteiger charge is -2.05. The van der Waals surface area contributed by atoms with Gasteiger partial charge in [-0.15, -0.1) is 0 Å². The summed E-state index contributed by atoms with van der Waals surface area (Å²) in [5.41, 5.74) is 2.41. The maximum Gasteiger partial charge on any atom is 0.239 e. The number of rotatable bonds is 3. The standard InChI is InChI=1S/C10H9IN4O/c11-7-2-1-3-8(4-7)16-10-6-13-5-9(14-10)15-12/h1-6H,12H2,(H,14,15). The van der Waals surface area contributed by atoms with Crippen LogP contribution in [0, 0.1) is 3.57 Å². The lowest BCUT2D eigenvalue weighted by Crippen LogP contribution is -2.08. The van der Waals surface area contributed by atoms with Gasteiger partial charge in [-0.1, -0.05) is 6.07 Å². The molecule has 16 heavy (non-hydrogen) atoms. The van der Waals surface area contributed by atoms with Gasteiger partial charge in [0.1, 0.15) is 5.75 Å². The van der Waals surface area contributed by atoms with E-state index in [1.807, 2.05) is 24.3 Å². The maximum absolute atomic E-state index is 5.53. The molecule has 0 aliphatic heterocycles. The van der Waals surface area contributed by atoms with Crippen LogP contribution < -0.4 is 16.0 Å². The van der Waals surface area contributed by atoms with Gasteiger partial charge in [0.25, 0.3) is 0 Å². The van der Waals surface area contributed by atoms with E-state index in [2.05, 4.69) is 38.0 Å². The van der Waals surface area contributed by atoms with Crippen molar-refractivity contribution in [2.75, 3.05) is 5.43 Å². The predicted octanol–water partition coefficient (Wildman–Crippen LogP) is 2.16. The van der Waals surface area contributed by atoms with Crippen LogP contribution in [0.2, 0.25) is 0 Å². The molecule has 82 valence electrons. The lowest BCUT2D eigenvalue weighted by atomic mass is 10.3. The Morgan fingerprint density at radius 1 is 1.31 bits per heavy atom. The largest absolute Gasteiger partial charge is 0.437 e. The molecule has 0 bridgehead atoms. The van der Waals surface area contributed by atoms with Crippen LogP contribution in [0.1, 0.15) is 0 Å². The summed E-state index contributed by atoms with van der Waals surface area (Å²) < 4.78 is 6.62. The fourth-order valence-electron chi connectivity index (χ4n) is 1.12. The van der Waals surface area contributed by atoms with E-state index in [0.717, 1.165) is 9.32 Å². The molecule has 3 N–H and O–H groups in total. The molecule has 6 heteroatoms. The van der Waals surface area contributed by atoms with E-state index in [4.69, 9.17) is 10.6 Å². The molecule has 0 radical (unpaired) electrons. The Kier molecular flexibility index (Phi) is 3.52. The lowest BCUT2D eigenvalue weighted by molar-refractivity contribution is 0.460. The monoisotopic (exact) mass is 328 g/mol. The summed E-state index contributed by atoms with van der Waals surface area (Å²) in [6.07, 6.45) is 3.04. The highest BCUT2D eigenvalue weighted by molar-refractivity contribution is 14.1. The second-order valence-electron chi connectivity index (χ2n) is 2.95. The van der Waals surface area contributed by atoms with Crippen LogP contribution in [-0.4, -0.2) is 9.97 Å². The van der Waals surface area contributed by atoms with Crippen molar-refractivity contribution in [2.45, 2.75) is 0 Å². The number of nitrogens with two attached hydrogens (primary N) is 1. The molecule has 0 aliphatic carbocycles. The molecule has 0 fully saturated rings. The molecule has 2 aromatic rings. The molecule has 0 amide bonds. The van der Waals surface area contributed by atoms with E-state index in [1.54, 1.807) is 0 Å². The summed E-state index contributed by atoms with van der Waals surface area (Å²) in [4.78, 5) is 8.04. The molecule has 1 aromatic carbocycles. The quantitative estimate of drug-likeness (QED) is 0.513. The summed E-state index contributed by atoms with van der Waals surface area (Å²) in [5, 5.41) is 0. The highest BCUT2D eigenvalue weighted by Crippen LogP contribution is 2.21. The van der Waals surface area contributed by atoms with Crippen LogP contribution in [0.5, 0.6) is 11.6 Å². The van der Waals surface area contributed by atoms with Crippen molar-refractivity contribution in [1.82, 2.24) is 9.97 Å². The van der Waals surface area contributed by atoms with Crippen LogP contribution in [0.25, 0.3) is 0 Å². The summed E-state index contributed by atoms with van der Waals surface area (Å²) in [5.74, 6) is 6.81. The van der Waals surface area contributed by atoms with Crippen molar-refractivity contribution in [3.8, 4) is 11.6 Å². The predicted molar refractivity (Wildman–Crippen MR) is 69.1 cm³/mol. The molecule has 0 saturated heterocycles. The molecular formula is C10H9IN4O. The minimum atomic E-state index is 0.400. The fraction of sp³-hybridized carbons (Fsp3) is 0. The third-order valence-corrected chi connectivity index (χ3v) is 2.45. The van der Waals surface area contributed by atoms with Gasteiger partial charge in [0.2, 0.25) is 5.88 Å². The second kappa shape index (κ2) is 5.08. The Balaban J connectivity index is 2.20. The number of nitrogen functional groups attached to an aromatic ring is 1. The van der Waals surface area contributed by atoms with E-state index in [9.17, 15) is 0 Å². The second-order valence-corrected chi connectivity index (χ2v) is 4.19.